The lowest BCUT2D eigenvalue weighted by Gasteiger charge is -2.30. The SMILES string of the molecule is O=C(O)C1CCCC1S(=O)(=O)N1CC=C(C(F)(F)F)CC1. The van der Waals surface area contributed by atoms with Crippen LogP contribution in [0.4, 0.5) is 13.2 Å². The van der Waals surface area contributed by atoms with Gasteiger partial charge in [0, 0.05) is 18.7 Å². The lowest BCUT2D eigenvalue weighted by molar-refractivity contribution is -0.141. The molecule has 1 fully saturated rings. The molecule has 1 saturated carbocycles. The second-order valence-corrected chi connectivity index (χ2v) is 7.45. The highest BCUT2D eigenvalue weighted by Gasteiger charge is 2.45. The van der Waals surface area contributed by atoms with Crippen molar-refractivity contribution >= 4 is 16.0 Å². The van der Waals surface area contributed by atoms with Crippen LogP contribution in [0, 0.1) is 5.92 Å². The number of aliphatic carboxylic acids is 1. The number of carboxylic acid groups (broad SMARTS) is 1. The second kappa shape index (κ2) is 5.60. The number of alkyl halides is 3. The molecular formula is C12H16F3NO4S. The first-order valence-corrected chi connectivity index (χ1v) is 8.12. The molecule has 2 atom stereocenters. The van der Waals surface area contributed by atoms with Crippen LogP contribution in [0.2, 0.25) is 0 Å². The average molecular weight is 327 g/mol. The second-order valence-electron chi connectivity index (χ2n) is 5.29. The Morgan fingerprint density at radius 1 is 1.33 bits per heavy atom. The zero-order valence-corrected chi connectivity index (χ0v) is 12.0. The van der Waals surface area contributed by atoms with Crippen LogP contribution in [0.5, 0.6) is 0 Å². The van der Waals surface area contributed by atoms with E-state index in [9.17, 15) is 26.4 Å². The van der Waals surface area contributed by atoms with Crippen LogP contribution in [0.25, 0.3) is 0 Å². The molecule has 9 heteroatoms. The largest absolute Gasteiger partial charge is 0.481 e. The van der Waals surface area contributed by atoms with Crippen LogP contribution in [-0.2, 0) is 14.8 Å². The van der Waals surface area contributed by atoms with E-state index in [-0.39, 0.29) is 25.9 Å². The normalized spacial score (nSPS) is 28.4. The maximum Gasteiger partial charge on any atom is 0.412 e. The first-order chi connectivity index (χ1) is 9.64. The van der Waals surface area contributed by atoms with E-state index in [0.29, 0.717) is 6.42 Å². The van der Waals surface area contributed by atoms with Crippen molar-refractivity contribution in [3.63, 3.8) is 0 Å². The number of hydrogen-bond donors (Lipinski definition) is 1. The van der Waals surface area contributed by atoms with Crippen LogP contribution in [-0.4, -0.2) is 48.3 Å². The summed E-state index contributed by atoms with van der Waals surface area (Å²) < 4.78 is 63.3. The summed E-state index contributed by atoms with van der Waals surface area (Å²) in [5, 5.41) is 8.02. The summed E-state index contributed by atoms with van der Waals surface area (Å²) in [6.07, 6.45) is -2.94. The predicted molar refractivity (Wildman–Crippen MR) is 68.0 cm³/mol. The van der Waals surface area contributed by atoms with Gasteiger partial charge in [0.1, 0.15) is 0 Å². The topological polar surface area (TPSA) is 74.7 Å². The van der Waals surface area contributed by atoms with Crippen molar-refractivity contribution in [1.29, 1.82) is 0 Å². The Hall–Kier alpha value is -1.09. The summed E-state index contributed by atoms with van der Waals surface area (Å²) in [6, 6.07) is 0. The van der Waals surface area contributed by atoms with Gasteiger partial charge in [0.05, 0.1) is 11.2 Å². The number of carbonyl (C=O) groups is 1. The van der Waals surface area contributed by atoms with Crippen molar-refractivity contribution in [2.75, 3.05) is 13.1 Å². The molecule has 0 bridgehead atoms. The number of hydrogen-bond acceptors (Lipinski definition) is 3. The van der Waals surface area contributed by atoms with Crippen LogP contribution in [0.15, 0.2) is 11.6 Å². The van der Waals surface area contributed by atoms with E-state index >= 15 is 0 Å². The molecule has 0 aromatic heterocycles. The van der Waals surface area contributed by atoms with Gasteiger partial charge in [-0.15, -0.1) is 0 Å². The van der Waals surface area contributed by atoms with Gasteiger partial charge >= 0.3 is 12.1 Å². The van der Waals surface area contributed by atoms with E-state index < -0.39 is 45.3 Å². The van der Waals surface area contributed by atoms with Crippen LogP contribution in [0.1, 0.15) is 25.7 Å². The Bertz CT molecular complexity index is 555. The Balaban J connectivity index is 2.15. The molecular weight excluding hydrogens is 311 g/mol. The van der Waals surface area contributed by atoms with Crippen LogP contribution in [0.3, 0.4) is 0 Å². The first-order valence-electron chi connectivity index (χ1n) is 6.62. The third kappa shape index (κ3) is 3.23. The highest BCUT2D eigenvalue weighted by atomic mass is 32.2. The van der Waals surface area contributed by atoms with Gasteiger partial charge in [-0.05, 0) is 19.3 Å². The monoisotopic (exact) mass is 327 g/mol. The molecule has 5 nitrogen and oxygen atoms in total. The molecule has 1 aliphatic heterocycles. The molecule has 0 radical (unpaired) electrons. The lowest BCUT2D eigenvalue weighted by atomic mass is 10.1. The predicted octanol–water partition coefficient (Wildman–Crippen LogP) is 1.76. The number of carboxylic acids is 1. The maximum atomic E-state index is 12.5. The molecule has 2 unspecified atom stereocenters. The Morgan fingerprint density at radius 3 is 2.48 bits per heavy atom. The van der Waals surface area contributed by atoms with Crippen LogP contribution < -0.4 is 0 Å². The van der Waals surface area contributed by atoms with Crippen molar-refractivity contribution in [3.8, 4) is 0 Å². The van der Waals surface area contributed by atoms with Gasteiger partial charge < -0.3 is 5.11 Å². The molecule has 0 spiro atoms. The van der Waals surface area contributed by atoms with E-state index in [2.05, 4.69) is 0 Å². The average Bonchev–Trinajstić information content (AvgIpc) is 2.88. The van der Waals surface area contributed by atoms with Gasteiger partial charge in [-0.25, -0.2) is 8.42 Å². The summed E-state index contributed by atoms with van der Waals surface area (Å²) in [5.74, 6) is -2.13. The molecule has 2 rings (SSSR count). The van der Waals surface area contributed by atoms with Crippen LogP contribution >= 0.6 is 0 Å². The number of halogens is 3. The molecule has 0 aromatic carbocycles. The molecule has 1 aliphatic carbocycles. The minimum absolute atomic E-state index is 0.242. The van der Waals surface area contributed by atoms with Crippen molar-refractivity contribution in [1.82, 2.24) is 4.31 Å². The van der Waals surface area contributed by atoms with Gasteiger partial charge in [-0.2, -0.15) is 17.5 Å². The summed E-state index contributed by atoms with van der Waals surface area (Å²) in [4.78, 5) is 11.1. The van der Waals surface area contributed by atoms with Crippen molar-refractivity contribution < 1.29 is 31.5 Å². The standard InChI is InChI=1S/C12H16F3NO4S/c13-12(14,15)8-4-6-16(7-5-8)21(19,20)10-3-1-2-9(10)11(17)18/h4,9-10H,1-3,5-7H2,(H,17,18). The molecule has 0 aromatic rings. The van der Waals surface area contributed by atoms with Gasteiger partial charge in [0.15, 0.2) is 0 Å². The third-order valence-electron chi connectivity index (χ3n) is 4.05. The maximum absolute atomic E-state index is 12.5. The quantitative estimate of drug-likeness (QED) is 0.802. The third-order valence-corrected chi connectivity index (χ3v) is 6.43. The fraction of sp³-hybridized carbons (Fsp3) is 0.750. The lowest BCUT2D eigenvalue weighted by Crippen LogP contribution is -2.44. The first kappa shape index (κ1) is 16.3. The summed E-state index contributed by atoms with van der Waals surface area (Å²) in [5.41, 5.74) is -0.727. The minimum Gasteiger partial charge on any atom is -0.481 e. The molecule has 21 heavy (non-hydrogen) atoms. The fourth-order valence-corrected chi connectivity index (χ4v) is 5.04. The zero-order chi connectivity index (χ0) is 15.8. The minimum atomic E-state index is -4.44. The summed E-state index contributed by atoms with van der Waals surface area (Å²) >= 11 is 0. The highest BCUT2D eigenvalue weighted by Crippen LogP contribution is 2.36. The van der Waals surface area contributed by atoms with Crippen molar-refractivity contribution in [2.24, 2.45) is 5.92 Å². The fourth-order valence-electron chi connectivity index (χ4n) is 2.90. The van der Waals surface area contributed by atoms with E-state index in [1.165, 1.54) is 0 Å². The zero-order valence-electron chi connectivity index (χ0n) is 11.1. The number of rotatable bonds is 3. The van der Waals surface area contributed by atoms with Gasteiger partial charge in [-0.3, -0.25) is 4.79 Å². The van der Waals surface area contributed by atoms with Crippen molar-refractivity contribution in [3.05, 3.63) is 11.6 Å². The molecule has 1 N–H and O–H groups in total. The molecule has 0 saturated heterocycles. The van der Waals surface area contributed by atoms with Gasteiger partial charge in [-0.1, -0.05) is 12.5 Å². The highest BCUT2D eigenvalue weighted by molar-refractivity contribution is 7.89. The number of sulfonamides is 1. The van der Waals surface area contributed by atoms with Crippen molar-refractivity contribution in [2.45, 2.75) is 37.1 Å². The number of nitrogens with zero attached hydrogens (tertiary/aromatic N) is 1. The molecule has 1 heterocycles. The Morgan fingerprint density at radius 2 is 2.00 bits per heavy atom. The smallest absolute Gasteiger partial charge is 0.412 e. The molecule has 0 amide bonds. The van der Waals surface area contributed by atoms with Gasteiger partial charge in [0.2, 0.25) is 10.0 Å². The summed E-state index contributed by atoms with van der Waals surface area (Å²) in [6.45, 7) is -0.601. The van der Waals surface area contributed by atoms with E-state index in [4.69, 9.17) is 5.11 Å². The molecule has 120 valence electrons. The van der Waals surface area contributed by atoms with Gasteiger partial charge in [0.25, 0.3) is 0 Å². The van der Waals surface area contributed by atoms with E-state index in [0.717, 1.165) is 10.4 Å². The Labute approximate surface area is 120 Å². The molecule has 2 aliphatic rings. The van der Waals surface area contributed by atoms with E-state index in [1.807, 2.05) is 0 Å². The van der Waals surface area contributed by atoms with E-state index in [1.54, 1.807) is 0 Å². The Kier molecular flexibility index (Phi) is 4.34. The summed E-state index contributed by atoms with van der Waals surface area (Å²) in [7, 11) is -3.88.